The van der Waals surface area contributed by atoms with E-state index in [1.165, 1.54) is 13.0 Å². The van der Waals surface area contributed by atoms with Crippen molar-refractivity contribution in [3.63, 3.8) is 0 Å². The first kappa shape index (κ1) is 12.9. The van der Waals surface area contributed by atoms with Gasteiger partial charge < -0.3 is 14.8 Å². The van der Waals surface area contributed by atoms with Crippen LogP contribution in [0.25, 0.3) is 0 Å². The second-order valence-electron chi connectivity index (χ2n) is 4.12. The lowest BCUT2D eigenvalue weighted by atomic mass is 10.3. The fourth-order valence-electron chi connectivity index (χ4n) is 1.78. The minimum atomic E-state index is 0.458. The van der Waals surface area contributed by atoms with Crippen LogP contribution in [0.4, 0.5) is 0 Å². The van der Waals surface area contributed by atoms with Crippen molar-refractivity contribution in [1.29, 1.82) is 0 Å². The van der Waals surface area contributed by atoms with Gasteiger partial charge in [0.1, 0.15) is 0 Å². The van der Waals surface area contributed by atoms with Gasteiger partial charge >= 0.3 is 0 Å². The summed E-state index contributed by atoms with van der Waals surface area (Å²) in [4.78, 5) is 2.46. The molecule has 1 atom stereocenters. The summed E-state index contributed by atoms with van der Waals surface area (Å²) in [6.07, 6.45) is 1.20. The molecule has 0 amide bonds. The third-order valence-corrected chi connectivity index (χ3v) is 2.66. The van der Waals surface area contributed by atoms with Crippen molar-refractivity contribution in [3.05, 3.63) is 0 Å². The second kappa shape index (κ2) is 8.05. The highest BCUT2D eigenvalue weighted by molar-refractivity contribution is 4.64. The van der Waals surface area contributed by atoms with Gasteiger partial charge in [0.25, 0.3) is 0 Å². The van der Waals surface area contributed by atoms with E-state index in [4.69, 9.17) is 9.47 Å². The number of ether oxygens (including phenoxy) is 2. The number of methoxy groups -OCH3 is 1. The predicted octanol–water partition coefficient (Wildman–Crippen LogP) is 0.333. The zero-order valence-corrected chi connectivity index (χ0v) is 10.00. The van der Waals surface area contributed by atoms with Crippen LogP contribution in [0.3, 0.4) is 0 Å². The first-order chi connectivity index (χ1) is 7.33. The van der Waals surface area contributed by atoms with Crippen molar-refractivity contribution in [1.82, 2.24) is 10.2 Å². The molecule has 0 spiro atoms. The summed E-state index contributed by atoms with van der Waals surface area (Å²) in [6.45, 7) is 9.16. The van der Waals surface area contributed by atoms with E-state index in [0.29, 0.717) is 6.04 Å². The Morgan fingerprint density at radius 2 is 2.13 bits per heavy atom. The molecule has 1 rings (SSSR count). The van der Waals surface area contributed by atoms with Crippen molar-refractivity contribution >= 4 is 0 Å². The molecular formula is C11H24N2O2. The molecule has 0 unspecified atom stereocenters. The van der Waals surface area contributed by atoms with Gasteiger partial charge in [-0.25, -0.2) is 0 Å². The maximum Gasteiger partial charge on any atom is 0.0613 e. The summed E-state index contributed by atoms with van der Waals surface area (Å²) in [5, 5.41) is 3.44. The molecule has 1 aliphatic heterocycles. The smallest absolute Gasteiger partial charge is 0.0613 e. The minimum absolute atomic E-state index is 0.458. The molecule has 0 saturated carbocycles. The minimum Gasteiger partial charge on any atom is -0.383 e. The van der Waals surface area contributed by atoms with Crippen LogP contribution in [0.5, 0.6) is 0 Å². The van der Waals surface area contributed by atoms with E-state index >= 15 is 0 Å². The lowest BCUT2D eigenvalue weighted by molar-refractivity contribution is 0.0373. The summed E-state index contributed by atoms with van der Waals surface area (Å²) in [5.74, 6) is 0. The second-order valence-corrected chi connectivity index (χ2v) is 4.12. The summed E-state index contributed by atoms with van der Waals surface area (Å²) < 4.78 is 10.4. The molecule has 0 aromatic carbocycles. The van der Waals surface area contributed by atoms with Crippen LogP contribution in [0.1, 0.15) is 13.3 Å². The zero-order chi connectivity index (χ0) is 10.9. The Kier molecular flexibility index (Phi) is 6.92. The molecule has 90 valence electrons. The Morgan fingerprint density at radius 3 is 2.80 bits per heavy atom. The Hall–Kier alpha value is -0.160. The maximum atomic E-state index is 5.30. The standard InChI is InChI=1S/C11H24N2O2/c1-11(10-14-2)12-4-3-5-13-6-8-15-9-7-13/h11-12H,3-10H2,1-2H3/t11-/m1/s1. The molecule has 1 N–H and O–H groups in total. The molecule has 4 nitrogen and oxygen atoms in total. The number of morpholine rings is 1. The van der Waals surface area contributed by atoms with Crippen LogP contribution in [0, 0.1) is 0 Å². The summed E-state index contributed by atoms with van der Waals surface area (Å²) >= 11 is 0. The number of rotatable bonds is 7. The first-order valence-electron chi connectivity index (χ1n) is 5.85. The van der Waals surface area contributed by atoms with Crippen molar-refractivity contribution in [2.24, 2.45) is 0 Å². The van der Waals surface area contributed by atoms with Gasteiger partial charge in [0.15, 0.2) is 0 Å². The van der Waals surface area contributed by atoms with Crippen molar-refractivity contribution in [3.8, 4) is 0 Å². The van der Waals surface area contributed by atoms with Crippen LogP contribution in [-0.4, -0.2) is 64.1 Å². The van der Waals surface area contributed by atoms with Gasteiger partial charge in [0.05, 0.1) is 19.8 Å². The quantitative estimate of drug-likeness (QED) is 0.622. The highest BCUT2D eigenvalue weighted by atomic mass is 16.5. The molecule has 0 aliphatic carbocycles. The average Bonchev–Trinajstić information content (AvgIpc) is 2.26. The lowest BCUT2D eigenvalue weighted by Crippen LogP contribution is -2.38. The molecule has 1 fully saturated rings. The predicted molar refractivity (Wildman–Crippen MR) is 61.2 cm³/mol. The molecule has 15 heavy (non-hydrogen) atoms. The molecule has 1 saturated heterocycles. The largest absolute Gasteiger partial charge is 0.383 e. The topological polar surface area (TPSA) is 33.7 Å². The molecule has 1 heterocycles. The number of nitrogens with zero attached hydrogens (tertiary/aromatic N) is 1. The van der Waals surface area contributed by atoms with E-state index < -0.39 is 0 Å². The summed E-state index contributed by atoms with van der Waals surface area (Å²) in [7, 11) is 1.74. The Morgan fingerprint density at radius 1 is 1.40 bits per heavy atom. The first-order valence-corrected chi connectivity index (χ1v) is 5.85. The molecule has 0 aromatic rings. The van der Waals surface area contributed by atoms with Crippen molar-refractivity contribution in [2.75, 3.05) is 53.1 Å². The average molecular weight is 216 g/mol. The number of hydrogen-bond donors (Lipinski definition) is 1. The monoisotopic (exact) mass is 216 g/mol. The Balaban J connectivity index is 1.91. The zero-order valence-electron chi connectivity index (χ0n) is 10.00. The van der Waals surface area contributed by atoms with Gasteiger partial charge in [-0.2, -0.15) is 0 Å². The van der Waals surface area contributed by atoms with E-state index in [0.717, 1.165) is 39.5 Å². The fourth-order valence-corrected chi connectivity index (χ4v) is 1.78. The molecule has 1 aliphatic rings. The molecule has 0 radical (unpaired) electrons. The maximum absolute atomic E-state index is 5.30. The van der Waals surface area contributed by atoms with E-state index in [1.54, 1.807) is 7.11 Å². The highest BCUT2D eigenvalue weighted by Gasteiger charge is 2.09. The van der Waals surface area contributed by atoms with E-state index in [-0.39, 0.29) is 0 Å². The van der Waals surface area contributed by atoms with E-state index in [1.807, 2.05) is 0 Å². The highest BCUT2D eigenvalue weighted by Crippen LogP contribution is 1.97. The molecule has 4 heteroatoms. The molecule has 0 bridgehead atoms. The third kappa shape index (κ3) is 6.10. The summed E-state index contributed by atoms with van der Waals surface area (Å²) in [5.41, 5.74) is 0. The Labute approximate surface area is 92.9 Å². The van der Waals surface area contributed by atoms with Crippen molar-refractivity contribution < 1.29 is 9.47 Å². The van der Waals surface area contributed by atoms with Gasteiger partial charge in [0, 0.05) is 26.2 Å². The van der Waals surface area contributed by atoms with Crippen LogP contribution < -0.4 is 5.32 Å². The van der Waals surface area contributed by atoms with Gasteiger partial charge in [-0.05, 0) is 26.4 Å². The van der Waals surface area contributed by atoms with E-state index in [2.05, 4.69) is 17.1 Å². The van der Waals surface area contributed by atoms with Gasteiger partial charge in [-0.1, -0.05) is 0 Å². The third-order valence-electron chi connectivity index (χ3n) is 2.66. The van der Waals surface area contributed by atoms with E-state index in [9.17, 15) is 0 Å². The van der Waals surface area contributed by atoms with Crippen molar-refractivity contribution in [2.45, 2.75) is 19.4 Å². The van der Waals surface area contributed by atoms with Gasteiger partial charge in [-0.3, -0.25) is 4.90 Å². The SMILES string of the molecule is COC[C@@H](C)NCCCN1CCOCC1. The van der Waals surface area contributed by atoms with Crippen LogP contribution in [0.2, 0.25) is 0 Å². The van der Waals surface area contributed by atoms with Crippen LogP contribution in [-0.2, 0) is 9.47 Å². The number of hydrogen-bond acceptors (Lipinski definition) is 4. The van der Waals surface area contributed by atoms with Gasteiger partial charge in [0.2, 0.25) is 0 Å². The normalized spacial score (nSPS) is 20.4. The van der Waals surface area contributed by atoms with Crippen LogP contribution >= 0.6 is 0 Å². The lowest BCUT2D eigenvalue weighted by Gasteiger charge is -2.26. The fraction of sp³-hybridized carbons (Fsp3) is 1.00. The Bertz CT molecular complexity index is 150. The van der Waals surface area contributed by atoms with Gasteiger partial charge in [-0.15, -0.1) is 0 Å². The molecular weight excluding hydrogens is 192 g/mol. The summed E-state index contributed by atoms with van der Waals surface area (Å²) in [6, 6.07) is 0.458. The molecule has 0 aromatic heterocycles. The van der Waals surface area contributed by atoms with Crippen LogP contribution in [0.15, 0.2) is 0 Å². The number of nitrogens with one attached hydrogen (secondary N) is 1.